The number of hydrogen-bond acceptors (Lipinski definition) is 6. The number of rotatable bonds is 5. The van der Waals surface area contributed by atoms with Gasteiger partial charge >= 0.3 is 5.97 Å². The summed E-state index contributed by atoms with van der Waals surface area (Å²) in [5.41, 5.74) is 3.98. The number of carboxylic acids is 1. The number of ether oxygens (including phenoxy) is 2. The van der Waals surface area contributed by atoms with Crippen LogP contribution in [0.4, 0.5) is 0 Å². The number of nitrogens with zero attached hydrogens (tertiary/aromatic N) is 4. The van der Waals surface area contributed by atoms with E-state index in [1.165, 1.54) is 13.3 Å². The van der Waals surface area contributed by atoms with Crippen LogP contribution in [0, 0.1) is 6.92 Å². The second-order valence-corrected chi connectivity index (χ2v) is 11.6. The minimum atomic E-state index is -1.08. The summed E-state index contributed by atoms with van der Waals surface area (Å²) in [7, 11) is 3.26. The maximum Gasteiger partial charge on any atom is 0.337 e. The molecule has 2 aromatic carbocycles. The Hall–Kier alpha value is -4.08. The topological polar surface area (TPSA) is 107 Å². The Morgan fingerprint density at radius 2 is 1.73 bits per heavy atom. The molecule has 1 aliphatic rings. The van der Waals surface area contributed by atoms with E-state index in [4.69, 9.17) is 37.8 Å². The molecule has 0 bridgehead atoms. The average molecular weight is 595 g/mol. The highest BCUT2D eigenvalue weighted by atomic mass is 35.5. The number of methoxy groups -OCH3 is 1. The summed E-state index contributed by atoms with van der Waals surface area (Å²) in [5.74, 6) is -0.368. The van der Waals surface area contributed by atoms with Gasteiger partial charge in [-0.1, -0.05) is 23.2 Å². The Bertz CT molecular complexity index is 1700. The lowest BCUT2D eigenvalue weighted by molar-refractivity contribution is 0.0644. The van der Waals surface area contributed by atoms with Crippen LogP contribution < -0.4 is 9.47 Å². The van der Waals surface area contributed by atoms with Crippen LogP contribution >= 0.6 is 23.2 Å². The smallest absolute Gasteiger partial charge is 0.337 e. The Kier molecular flexibility index (Phi) is 7.21. The zero-order chi connectivity index (χ0) is 29.8. The first-order valence-electron chi connectivity index (χ1n) is 12.7. The lowest BCUT2D eigenvalue weighted by atomic mass is 9.93. The van der Waals surface area contributed by atoms with Crippen LogP contribution in [0.3, 0.4) is 0 Å². The molecule has 0 aliphatic carbocycles. The van der Waals surface area contributed by atoms with Crippen molar-refractivity contribution >= 4 is 35.1 Å². The van der Waals surface area contributed by atoms with Crippen molar-refractivity contribution in [1.29, 1.82) is 0 Å². The SMILES string of the molecule is COc1cc2c(cc1-c1cncc(C(=O)O)c1C)-c1c(c(C(=O)N(C)C(C)(C)C)nn1-c1cc(Cl)cc(Cl)c1)CO2. The van der Waals surface area contributed by atoms with Gasteiger partial charge < -0.3 is 19.5 Å². The summed E-state index contributed by atoms with van der Waals surface area (Å²) in [6, 6.07) is 8.63. The monoisotopic (exact) mass is 594 g/mol. The van der Waals surface area contributed by atoms with Gasteiger partial charge in [-0.3, -0.25) is 9.78 Å². The molecule has 41 heavy (non-hydrogen) atoms. The van der Waals surface area contributed by atoms with Gasteiger partial charge in [-0.15, -0.1) is 0 Å². The predicted octanol–water partition coefficient (Wildman–Crippen LogP) is 6.69. The first-order chi connectivity index (χ1) is 19.3. The number of amides is 1. The first kappa shape index (κ1) is 28.4. The Morgan fingerprint density at radius 1 is 1.05 bits per heavy atom. The number of halogens is 2. The van der Waals surface area contributed by atoms with E-state index in [0.717, 1.165) is 0 Å². The van der Waals surface area contributed by atoms with Gasteiger partial charge in [-0.25, -0.2) is 9.48 Å². The lowest BCUT2D eigenvalue weighted by Crippen LogP contribution is -2.43. The summed E-state index contributed by atoms with van der Waals surface area (Å²) < 4.78 is 13.5. The van der Waals surface area contributed by atoms with E-state index in [2.05, 4.69) is 4.98 Å². The fourth-order valence-corrected chi connectivity index (χ4v) is 5.27. The number of carbonyl (C=O) groups excluding carboxylic acids is 1. The highest BCUT2D eigenvalue weighted by Gasteiger charge is 2.35. The third kappa shape index (κ3) is 5.00. The molecule has 0 unspecified atom stereocenters. The van der Waals surface area contributed by atoms with Crippen LogP contribution in [0.25, 0.3) is 28.1 Å². The van der Waals surface area contributed by atoms with E-state index in [9.17, 15) is 14.7 Å². The van der Waals surface area contributed by atoms with Crippen LogP contribution in [-0.4, -0.2) is 56.3 Å². The number of fused-ring (bicyclic) bond motifs is 3. The molecule has 0 fully saturated rings. The summed E-state index contributed by atoms with van der Waals surface area (Å²) in [4.78, 5) is 31.4. The van der Waals surface area contributed by atoms with E-state index >= 15 is 0 Å². The van der Waals surface area contributed by atoms with Crippen molar-refractivity contribution in [1.82, 2.24) is 19.7 Å². The molecule has 4 aromatic rings. The summed E-state index contributed by atoms with van der Waals surface area (Å²) in [6.07, 6.45) is 2.91. The van der Waals surface area contributed by atoms with Crippen LogP contribution in [0.2, 0.25) is 10.0 Å². The van der Waals surface area contributed by atoms with Gasteiger partial charge in [0.1, 0.15) is 18.1 Å². The molecule has 0 saturated heterocycles. The zero-order valence-corrected chi connectivity index (χ0v) is 24.9. The molecule has 2 aromatic heterocycles. The van der Waals surface area contributed by atoms with Crippen molar-refractivity contribution in [2.45, 2.75) is 39.8 Å². The van der Waals surface area contributed by atoms with E-state index in [1.807, 2.05) is 26.8 Å². The number of carboxylic acid groups (broad SMARTS) is 1. The summed E-state index contributed by atoms with van der Waals surface area (Å²) in [5, 5.41) is 15.3. The molecule has 0 atom stereocenters. The molecule has 0 spiro atoms. The van der Waals surface area contributed by atoms with Crippen molar-refractivity contribution in [2.75, 3.05) is 14.2 Å². The highest BCUT2D eigenvalue weighted by Crippen LogP contribution is 2.47. The van der Waals surface area contributed by atoms with E-state index in [0.29, 0.717) is 60.7 Å². The minimum Gasteiger partial charge on any atom is -0.496 e. The fourth-order valence-electron chi connectivity index (χ4n) is 4.75. The number of benzene rings is 2. The van der Waals surface area contributed by atoms with Crippen LogP contribution in [-0.2, 0) is 6.61 Å². The molecule has 212 valence electrons. The third-order valence-corrected chi connectivity index (χ3v) is 7.69. The molecule has 0 radical (unpaired) electrons. The van der Waals surface area contributed by atoms with Crippen molar-refractivity contribution in [3.63, 3.8) is 0 Å². The Labute approximate surface area is 247 Å². The molecule has 1 aliphatic heterocycles. The Morgan fingerprint density at radius 3 is 2.34 bits per heavy atom. The van der Waals surface area contributed by atoms with Crippen LogP contribution in [0.5, 0.6) is 11.5 Å². The third-order valence-electron chi connectivity index (χ3n) is 7.25. The van der Waals surface area contributed by atoms with Gasteiger partial charge in [0.25, 0.3) is 5.91 Å². The maximum atomic E-state index is 13.7. The van der Waals surface area contributed by atoms with E-state index in [-0.39, 0.29) is 23.8 Å². The van der Waals surface area contributed by atoms with Crippen molar-refractivity contribution in [3.8, 4) is 39.6 Å². The second-order valence-electron chi connectivity index (χ2n) is 10.8. The second kappa shape index (κ2) is 10.4. The number of aromatic nitrogens is 3. The largest absolute Gasteiger partial charge is 0.496 e. The van der Waals surface area contributed by atoms with Gasteiger partial charge in [0, 0.05) is 63.3 Å². The quantitative estimate of drug-likeness (QED) is 0.274. The van der Waals surface area contributed by atoms with Crippen LogP contribution in [0.15, 0.2) is 42.7 Å². The molecule has 1 amide bonds. The average Bonchev–Trinajstić information content (AvgIpc) is 3.30. The molecule has 0 saturated carbocycles. The van der Waals surface area contributed by atoms with Gasteiger partial charge in [-0.2, -0.15) is 5.10 Å². The zero-order valence-electron chi connectivity index (χ0n) is 23.4. The highest BCUT2D eigenvalue weighted by molar-refractivity contribution is 6.34. The number of carbonyl (C=O) groups is 2. The number of pyridine rings is 1. The molecule has 1 N–H and O–H groups in total. The van der Waals surface area contributed by atoms with Crippen LogP contribution in [0.1, 0.15) is 52.7 Å². The molecular formula is C30H28Cl2N4O5. The molecule has 9 nitrogen and oxygen atoms in total. The molecule has 3 heterocycles. The molecule has 11 heteroatoms. The number of aromatic carboxylic acids is 1. The minimum absolute atomic E-state index is 0.0796. The molecule has 5 rings (SSSR count). The van der Waals surface area contributed by atoms with Crippen molar-refractivity contribution < 1.29 is 24.2 Å². The Balaban J connectivity index is 1.81. The standard InChI is InChI=1S/C30H28Cl2N4O5/c1-15-21(12-33-13-22(15)29(38)39)19-10-20-25(11-24(19)40-6)41-14-23-26(28(37)35(5)30(2,3)4)34-36(27(20)23)18-8-16(31)7-17(32)9-18/h7-13H,14H2,1-6H3,(H,38,39). The van der Waals surface area contributed by atoms with Gasteiger partial charge in [0.15, 0.2) is 5.69 Å². The normalized spacial score (nSPS) is 12.3. The molecular weight excluding hydrogens is 567 g/mol. The summed E-state index contributed by atoms with van der Waals surface area (Å²) >= 11 is 12.7. The van der Waals surface area contributed by atoms with E-state index in [1.54, 1.807) is 54.0 Å². The summed E-state index contributed by atoms with van der Waals surface area (Å²) in [6.45, 7) is 7.64. The maximum absolute atomic E-state index is 13.7. The predicted molar refractivity (Wildman–Crippen MR) is 157 cm³/mol. The van der Waals surface area contributed by atoms with Crippen molar-refractivity contribution in [2.24, 2.45) is 0 Å². The van der Waals surface area contributed by atoms with Crippen molar-refractivity contribution in [3.05, 3.63) is 75.2 Å². The fraction of sp³-hybridized carbons (Fsp3) is 0.267. The lowest BCUT2D eigenvalue weighted by Gasteiger charge is -2.31. The van der Waals surface area contributed by atoms with Gasteiger partial charge in [0.2, 0.25) is 0 Å². The first-order valence-corrected chi connectivity index (χ1v) is 13.5. The van der Waals surface area contributed by atoms with Gasteiger partial charge in [0.05, 0.1) is 24.1 Å². The van der Waals surface area contributed by atoms with Gasteiger partial charge in [-0.05, 0) is 57.5 Å². The number of hydrogen-bond donors (Lipinski definition) is 1. The van der Waals surface area contributed by atoms with E-state index < -0.39 is 11.5 Å².